The van der Waals surface area contributed by atoms with Crippen LogP contribution in [-0.4, -0.2) is 35.1 Å². The Bertz CT molecular complexity index is 398. The lowest BCUT2D eigenvalue weighted by Gasteiger charge is -2.26. The van der Waals surface area contributed by atoms with Crippen molar-refractivity contribution in [2.75, 3.05) is 13.2 Å². The SMILES string of the molecule is CCc1ccc(CCC(=O)N(CCCO)C(C)C)cc1. The van der Waals surface area contributed by atoms with Crippen LogP contribution in [0, 0.1) is 0 Å². The van der Waals surface area contributed by atoms with Crippen LogP contribution in [-0.2, 0) is 17.6 Å². The molecule has 1 aromatic carbocycles. The predicted molar refractivity (Wildman–Crippen MR) is 82.7 cm³/mol. The molecular formula is C17H27NO2. The number of nitrogens with zero attached hydrogens (tertiary/aromatic N) is 1. The lowest BCUT2D eigenvalue weighted by atomic mass is 10.1. The largest absolute Gasteiger partial charge is 0.396 e. The van der Waals surface area contributed by atoms with Crippen molar-refractivity contribution < 1.29 is 9.90 Å². The Kier molecular flexibility index (Phi) is 7.31. The number of hydrogen-bond acceptors (Lipinski definition) is 2. The van der Waals surface area contributed by atoms with E-state index < -0.39 is 0 Å². The maximum atomic E-state index is 12.2. The van der Waals surface area contributed by atoms with Crippen LogP contribution >= 0.6 is 0 Å². The number of aryl methyl sites for hydroxylation is 2. The molecule has 0 saturated heterocycles. The second-order valence-corrected chi connectivity index (χ2v) is 5.43. The van der Waals surface area contributed by atoms with Gasteiger partial charge in [0.15, 0.2) is 0 Å². The molecule has 0 saturated carbocycles. The number of rotatable bonds is 8. The van der Waals surface area contributed by atoms with Crippen molar-refractivity contribution in [1.29, 1.82) is 0 Å². The van der Waals surface area contributed by atoms with Gasteiger partial charge in [-0.1, -0.05) is 31.2 Å². The number of hydrogen-bond donors (Lipinski definition) is 1. The van der Waals surface area contributed by atoms with E-state index in [1.807, 2.05) is 18.7 Å². The van der Waals surface area contributed by atoms with Gasteiger partial charge in [0.25, 0.3) is 0 Å². The quantitative estimate of drug-likeness (QED) is 0.794. The molecule has 0 aliphatic rings. The van der Waals surface area contributed by atoms with E-state index in [0.29, 0.717) is 19.4 Å². The smallest absolute Gasteiger partial charge is 0.223 e. The molecule has 0 unspecified atom stereocenters. The van der Waals surface area contributed by atoms with Gasteiger partial charge >= 0.3 is 0 Å². The van der Waals surface area contributed by atoms with Crippen LogP contribution in [0.1, 0.15) is 44.7 Å². The van der Waals surface area contributed by atoms with Crippen molar-refractivity contribution in [2.45, 2.75) is 52.5 Å². The summed E-state index contributed by atoms with van der Waals surface area (Å²) in [6, 6.07) is 8.67. The highest BCUT2D eigenvalue weighted by Gasteiger charge is 2.15. The maximum absolute atomic E-state index is 12.2. The second-order valence-electron chi connectivity index (χ2n) is 5.43. The summed E-state index contributed by atoms with van der Waals surface area (Å²) in [6.07, 6.45) is 3.01. The summed E-state index contributed by atoms with van der Waals surface area (Å²) in [5.41, 5.74) is 2.54. The van der Waals surface area contributed by atoms with E-state index in [0.717, 1.165) is 12.8 Å². The normalized spacial score (nSPS) is 10.8. The van der Waals surface area contributed by atoms with Gasteiger partial charge in [-0.15, -0.1) is 0 Å². The van der Waals surface area contributed by atoms with E-state index in [1.165, 1.54) is 11.1 Å². The van der Waals surface area contributed by atoms with Crippen molar-refractivity contribution in [3.05, 3.63) is 35.4 Å². The third-order valence-corrected chi connectivity index (χ3v) is 3.56. The minimum Gasteiger partial charge on any atom is -0.396 e. The Morgan fingerprint density at radius 3 is 2.30 bits per heavy atom. The molecule has 3 nitrogen and oxygen atoms in total. The van der Waals surface area contributed by atoms with Crippen molar-refractivity contribution in [3.63, 3.8) is 0 Å². The van der Waals surface area contributed by atoms with Gasteiger partial charge < -0.3 is 10.0 Å². The lowest BCUT2D eigenvalue weighted by Crippen LogP contribution is -2.38. The molecule has 0 fully saturated rings. The molecule has 112 valence electrons. The molecule has 3 heteroatoms. The third kappa shape index (κ3) is 5.33. The fourth-order valence-electron chi connectivity index (χ4n) is 2.25. The van der Waals surface area contributed by atoms with E-state index in [4.69, 9.17) is 5.11 Å². The average molecular weight is 277 g/mol. The molecule has 0 spiro atoms. The van der Waals surface area contributed by atoms with E-state index in [-0.39, 0.29) is 18.6 Å². The van der Waals surface area contributed by atoms with Crippen molar-refractivity contribution >= 4 is 5.91 Å². The summed E-state index contributed by atoms with van der Waals surface area (Å²) < 4.78 is 0. The molecule has 20 heavy (non-hydrogen) atoms. The predicted octanol–water partition coefficient (Wildman–Crippen LogP) is 2.80. The van der Waals surface area contributed by atoms with E-state index in [9.17, 15) is 4.79 Å². The summed E-state index contributed by atoms with van der Waals surface area (Å²) in [5, 5.41) is 8.90. The average Bonchev–Trinajstić information content (AvgIpc) is 2.45. The monoisotopic (exact) mass is 277 g/mol. The Labute approximate surface area is 122 Å². The molecule has 0 radical (unpaired) electrons. The standard InChI is InChI=1S/C17H27NO2/c1-4-15-6-8-16(9-7-15)10-11-17(20)18(14(2)3)12-5-13-19/h6-9,14,19H,4-5,10-13H2,1-3H3. The van der Waals surface area contributed by atoms with Crippen LogP contribution in [0.3, 0.4) is 0 Å². The summed E-state index contributed by atoms with van der Waals surface area (Å²) >= 11 is 0. The highest BCUT2D eigenvalue weighted by Crippen LogP contribution is 2.10. The van der Waals surface area contributed by atoms with Gasteiger partial charge in [0, 0.05) is 25.6 Å². The number of amides is 1. The molecule has 0 heterocycles. The Balaban J connectivity index is 2.50. The molecule has 0 bridgehead atoms. The van der Waals surface area contributed by atoms with Gasteiger partial charge in [-0.2, -0.15) is 0 Å². The van der Waals surface area contributed by atoms with Crippen LogP contribution in [0.5, 0.6) is 0 Å². The van der Waals surface area contributed by atoms with Crippen molar-refractivity contribution in [2.24, 2.45) is 0 Å². The minimum absolute atomic E-state index is 0.134. The number of aliphatic hydroxyl groups excluding tert-OH is 1. The van der Waals surface area contributed by atoms with E-state index in [2.05, 4.69) is 31.2 Å². The van der Waals surface area contributed by atoms with Gasteiger partial charge in [0.05, 0.1) is 0 Å². The zero-order chi connectivity index (χ0) is 15.0. The minimum atomic E-state index is 0.134. The van der Waals surface area contributed by atoms with Gasteiger partial charge in [-0.25, -0.2) is 0 Å². The number of carbonyl (C=O) groups excluding carboxylic acids is 1. The Morgan fingerprint density at radius 1 is 1.20 bits per heavy atom. The van der Waals surface area contributed by atoms with Crippen molar-refractivity contribution in [3.8, 4) is 0 Å². The highest BCUT2D eigenvalue weighted by molar-refractivity contribution is 5.76. The fraction of sp³-hybridized carbons (Fsp3) is 0.588. The fourth-order valence-corrected chi connectivity index (χ4v) is 2.25. The van der Waals surface area contributed by atoms with Gasteiger partial charge in [0.1, 0.15) is 0 Å². The van der Waals surface area contributed by atoms with Crippen LogP contribution in [0.15, 0.2) is 24.3 Å². The molecular weight excluding hydrogens is 250 g/mol. The molecule has 1 rings (SSSR count). The van der Waals surface area contributed by atoms with Crippen LogP contribution in [0.25, 0.3) is 0 Å². The summed E-state index contributed by atoms with van der Waals surface area (Å²) in [4.78, 5) is 14.1. The number of aliphatic hydroxyl groups is 1. The van der Waals surface area contributed by atoms with Gasteiger partial charge in [-0.05, 0) is 44.2 Å². The van der Waals surface area contributed by atoms with Crippen molar-refractivity contribution in [1.82, 2.24) is 4.90 Å². The first-order valence-corrected chi connectivity index (χ1v) is 7.56. The summed E-state index contributed by atoms with van der Waals surface area (Å²) in [5.74, 6) is 0.174. The summed E-state index contributed by atoms with van der Waals surface area (Å²) in [6.45, 7) is 6.95. The molecule has 0 atom stereocenters. The third-order valence-electron chi connectivity index (χ3n) is 3.56. The van der Waals surface area contributed by atoms with Gasteiger partial charge in [0.2, 0.25) is 5.91 Å². The first-order valence-electron chi connectivity index (χ1n) is 7.56. The summed E-state index contributed by atoms with van der Waals surface area (Å²) in [7, 11) is 0. The molecule has 0 aromatic heterocycles. The lowest BCUT2D eigenvalue weighted by molar-refractivity contribution is -0.133. The molecule has 1 aromatic rings. The first-order chi connectivity index (χ1) is 9.58. The number of carbonyl (C=O) groups is 1. The topological polar surface area (TPSA) is 40.5 Å². The molecule has 1 N–H and O–H groups in total. The zero-order valence-corrected chi connectivity index (χ0v) is 12.9. The van der Waals surface area contributed by atoms with Crippen LogP contribution in [0.4, 0.5) is 0 Å². The second kappa shape index (κ2) is 8.75. The zero-order valence-electron chi connectivity index (χ0n) is 12.9. The van der Waals surface area contributed by atoms with E-state index >= 15 is 0 Å². The van der Waals surface area contributed by atoms with E-state index in [1.54, 1.807) is 0 Å². The first kappa shape index (κ1) is 16.7. The number of benzene rings is 1. The molecule has 0 aliphatic heterocycles. The van der Waals surface area contributed by atoms with Crippen LogP contribution < -0.4 is 0 Å². The molecule has 0 aliphatic carbocycles. The molecule has 1 amide bonds. The Hall–Kier alpha value is -1.35. The highest BCUT2D eigenvalue weighted by atomic mass is 16.3. The maximum Gasteiger partial charge on any atom is 0.223 e. The van der Waals surface area contributed by atoms with Gasteiger partial charge in [-0.3, -0.25) is 4.79 Å². The van der Waals surface area contributed by atoms with Crippen LogP contribution in [0.2, 0.25) is 0 Å². The Morgan fingerprint density at radius 2 is 1.80 bits per heavy atom.